The first-order valence-electron chi connectivity index (χ1n) is 7.29. The van der Waals surface area contributed by atoms with Crippen LogP contribution in [0.3, 0.4) is 0 Å². The highest BCUT2D eigenvalue weighted by Gasteiger charge is 2.19. The van der Waals surface area contributed by atoms with Crippen molar-refractivity contribution in [2.45, 2.75) is 20.8 Å². The number of carbonyl (C=O) groups is 1. The second-order valence-electron chi connectivity index (χ2n) is 5.85. The molecule has 0 atom stereocenters. The van der Waals surface area contributed by atoms with Crippen LogP contribution in [-0.2, 0) is 0 Å². The number of hydrogen-bond acceptors (Lipinski definition) is 4. The van der Waals surface area contributed by atoms with Crippen LogP contribution < -0.4 is 10.3 Å². The van der Waals surface area contributed by atoms with Crippen LogP contribution in [0.25, 0.3) is 16.7 Å². The van der Waals surface area contributed by atoms with Crippen molar-refractivity contribution < 1.29 is 14.6 Å². The molecule has 120 valence electrons. The number of benzene rings is 1. The number of aromatic carboxylic acids is 1. The molecule has 1 aromatic carbocycles. The number of hydrogen-bond donors (Lipinski definition) is 2. The Kier molecular flexibility index (Phi) is 3.55. The van der Waals surface area contributed by atoms with Gasteiger partial charge in [-0.3, -0.25) is 9.20 Å². The molecule has 0 spiro atoms. The number of nitrogens with zero attached hydrogens (tertiary/aromatic N) is 2. The number of aromatic amines is 1. The van der Waals surface area contributed by atoms with Crippen LogP contribution in [0.1, 0.15) is 30.0 Å². The van der Waals surface area contributed by atoms with E-state index in [4.69, 9.17) is 4.74 Å². The Morgan fingerprint density at radius 3 is 2.83 bits per heavy atom. The zero-order valence-corrected chi connectivity index (χ0v) is 13.1. The standard InChI is InChI=1S/C16H17N3O4/c1-8(2)7-23-10-4-5-11-12(6-10)19-9(3)13(16(21)22)18-14(19)15(20)17-11/h4-6,8H,7H2,1-3H3,(H,17,20)(H,21,22). The van der Waals surface area contributed by atoms with Gasteiger partial charge in [-0.05, 0) is 25.0 Å². The molecular formula is C16H17N3O4. The lowest BCUT2D eigenvalue weighted by Crippen LogP contribution is -2.11. The molecule has 0 aliphatic heterocycles. The summed E-state index contributed by atoms with van der Waals surface area (Å²) in [4.78, 5) is 30.0. The van der Waals surface area contributed by atoms with E-state index in [0.717, 1.165) is 0 Å². The molecule has 0 fully saturated rings. The zero-order valence-electron chi connectivity index (χ0n) is 13.1. The number of fused-ring (bicyclic) bond motifs is 3. The Morgan fingerprint density at radius 2 is 2.17 bits per heavy atom. The summed E-state index contributed by atoms with van der Waals surface area (Å²) in [5, 5.41) is 9.22. The maximum Gasteiger partial charge on any atom is 0.356 e. The van der Waals surface area contributed by atoms with E-state index >= 15 is 0 Å². The third kappa shape index (κ3) is 2.54. The number of rotatable bonds is 4. The van der Waals surface area contributed by atoms with Crippen molar-refractivity contribution in [3.8, 4) is 5.75 Å². The molecule has 0 radical (unpaired) electrons. The Balaban J connectivity index is 2.28. The molecule has 7 nitrogen and oxygen atoms in total. The van der Waals surface area contributed by atoms with E-state index in [1.165, 1.54) is 0 Å². The monoisotopic (exact) mass is 315 g/mol. The predicted octanol–water partition coefficient (Wildman–Crippen LogP) is 2.22. The van der Waals surface area contributed by atoms with Crippen LogP contribution in [0.15, 0.2) is 23.0 Å². The lowest BCUT2D eigenvalue weighted by atomic mass is 10.2. The number of nitrogens with one attached hydrogen (secondary N) is 1. The molecule has 2 aromatic heterocycles. The Labute approximate surface area is 131 Å². The minimum absolute atomic E-state index is 0.0633. The van der Waals surface area contributed by atoms with Gasteiger partial charge in [0, 0.05) is 6.07 Å². The lowest BCUT2D eigenvalue weighted by molar-refractivity contribution is 0.0690. The number of carboxylic acid groups (broad SMARTS) is 1. The number of aryl methyl sites for hydroxylation is 1. The summed E-state index contributed by atoms with van der Waals surface area (Å²) < 4.78 is 7.26. The van der Waals surface area contributed by atoms with E-state index < -0.39 is 11.5 Å². The van der Waals surface area contributed by atoms with Gasteiger partial charge in [-0.2, -0.15) is 0 Å². The van der Waals surface area contributed by atoms with Crippen LogP contribution in [0.4, 0.5) is 0 Å². The average Bonchev–Trinajstić information content (AvgIpc) is 2.84. The molecule has 0 aliphatic carbocycles. The van der Waals surface area contributed by atoms with E-state index in [9.17, 15) is 14.7 Å². The van der Waals surface area contributed by atoms with Crippen molar-refractivity contribution in [3.63, 3.8) is 0 Å². The van der Waals surface area contributed by atoms with Gasteiger partial charge in [-0.15, -0.1) is 0 Å². The third-order valence-corrected chi connectivity index (χ3v) is 3.55. The number of H-pyrrole nitrogens is 1. The van der Waals surface area contributed by atoms with Gasteiger partial charge >= 0.3 is 5.97 Å². The van der Waals surface area contributed by atoms with Gasteiger partial charge in [-0.25, -0.2) is 9.78 Å². The van der Waals surface area contributed by atoms with Crippen molar-refractivity contribution in [1.29, 1.82) is 0 Å². The molecular weight excluding hydrogens is 298 g/mol. The average molecular weight is 315 g/mol. The number of ether oxygens (including phenoxy) is 1. The summed E-state index contributed by atoms with van der Waals surface area (Å²) in [6.45, 7) is 6.30. The van der Waals surface area contributed by atoms with Gasteiger partial charge in [0.25, 0.3) is 5.56 Å². The Morgan fingerprint density at radius 1 is 1.43 bits per heavy atom. The smallest absolute Gasteiger partial charge is 0.356 e. The van der Waals surface area contributed by atoms with Gasteiger partial charge in [0.15, 0.2) is 5.69 Å². The first-order valence-corrected chi connectivity index (χ1v) is 7.29. The fraction of sp³-hybridized carbons (Fsp3) is 0.312. The van der Waals surface area contributed by atoms with E-state index in [1.54, 1.807) is 29.5 Å². The molecule has 3 aromatic rings. The van der Waals surface area contributed by atoms with Crippen LogP contribution in [0.5, 0.6) is 5.75 Å². The maximum absolute atomic E-state index is 12.1. The van der Waals surface area contributed by atoms with E-state index in [2.05, 4.69) is 23.8 Å². The van der Waals surface area contributed by atoms with Crippen molar-refractivity contribution in [3.05, 3.63) is 39.9 Å². The SMILES string of the molecule is Cc1c(C(=O)O)nc2c(=O)[nH]c3ccc(OCC(C)C)cc3n12. The molecule has 2 heterocycles. The second-order valence-corrected chi connectivity index (χ2v) is 5.85. The summed E-state index contributed by atoms with van der Waals surface area (Å²) in [6.07, 6.45) is 0. The first-order chi connectivity index (χ1) is 10.9. The van der Waals surface area contributed by atoms with Gasteiger partial charge < -0.3 is 14.8 Å². The van der Waals surface area contributed by atoms with Crippen LogP contribution in [-0.4, -0.2) is 32.1 Å². The number of aromatic nitrogens is 3. The summed E-state index contributed by atoms with van der Waals surface area (Å²) in [5.74, 6) is -0.120. The molecule has 0 amide bonds. The Hall–Kier alpha value is -2.83. The van der Waals surface area contributed by atoms with Crippen molar-refractivity contribution >= 4 is 22.6 Å². The predicted molar refractivity (Wildman–Crippen MR) is 85.3 cm³/mol. The third-order valence-electron chi connectivity index (χ3n) is 3.55. The quantitative estimate of drug-likeness (QED) is 0.769. The maximum atomic E-state index is 12.1. The van der Waals surface area contributed by atoms with E-state index in [-0.39, 0.29) is 11.3 Å². The zero-order chi connectivity index (χ0) is 16.7. The van der Waals surface area contributed by atoms with Crippen molar-refractivity contribution in [2.24, 2.45) is 5.92 Å². The summed E-state index contributed by atoms with van der Waals surface area (Å²) in [6, 6.07) is 5.30. The molecule has 3 rings (SSSR count). The van der Waals surface area contributed by atoms with Gasteiger partial charge in [-0.1, -0.05) is 13.8 Å². The highest BCUT2D eigenvalue weighted by Crippen LogP contribution is 2.22. The molecule has 23 heavy (non-hydrogen) atoms. The molecule has 7 heteroatoms. The summed E-state index contributed by atoms with van der Waals surface area (Å²) in [7, 11) is 0. The number of carboxylic acids is 1. The highest BCUT2D eigenvalue weighted by molar-refractivity contribution is 5.89. The summed E-state index contributed by atoms with van der Waals surface area (Å²) in [5.41, 5.74) is 1.16. The minimum atomic E-state index is -1.16. The second kappa shape index (κ2) is 5.42. The van der Waals surface area contributed by atoms with Gasteiger partial charge in [0.05, 0.1) is 23.3 Å². The van der Waals surface area contributed by atoms with Crippen LogP contribution in [0.2, 0.25) is 0 Å². The summed E-state index contributed by atoms with van der Waals surface area (Å²) >= 11 is 0. The molecule has 0 unspecified atom stereocenters. The molecule has 0 saturated carbocycles. The molecule has 0 bridgehead atoms. The highest BCUT2D eigenvalue weighted by atomic mass is 16.5. The Bertz CT molecular complexity index is 969. The van der Waals surface area contributed by atoms with Gasteiger partial charge in [0.1, 0.15) is 5.75 Å². The van der Waals surface area contributed by atoms with Crippen molar-refractivity contribution in [2.75, 3.05) is 6.61 Å². The normalized spacial score (nSPS) is 11.5. The largest absolute Gasteiger partial charge is 0.493 e. The number of imidazole rings is 1. The molecule has 2 N–H and O–H groups in total. The molecule has 0 saturated heterocycles. The van der Waals surface area contributed by atoms with Gasteiger partial charge in [0.2, 0.25) is 5.65 Å². The van der Waals surface area contributed by atoms with E-state index in [0.29, 0.717) is 35.0 Å². The first kappa shape index (κ1) is 15.1. The fourth-order valence-electron chi connectivity index (χ4n) is 2.48. The van der Waals surface area contributed by atoms with Crippen molar-refractivity contribution in [1.82, 2.24) is 14.4 Å². The fourth-order valence-corrected chi connectivity index (χ4v) is 2.48. The molecule has 0 aliphatic rings. The van der Waals surface area contributed by atoms with Crippen LogP contribution in [0, 0.1) is 12.8 Å². The minimum Gasteiger partial charge on any atom is -0.493 e. The van der Waals surface area contributed by atoms with E-state index in [1.807, 2.05) is 0 Å². The lowest BCUT2D eigenvalue weighted by Gasteiger charge is -2.10. The van der Waals surface area contributed by atoms with Crippen LogP contribution >= 0.6 is 0 Å². The topological polar surface area (TPSA) is 96.7 Å².